The SMILES string of the molecule is CC[C@H](C)NC(=O)[C@@H](Cc1ccccc1)N(Cc1ccc(C)cc1)C(=O)CN(c1ccccc1)S(=O)(=O)c1ccc(OC)cc1. The molecule has 0 heterocycles. The number of benzene rings is 4. The van der Waals surface area contributed by atoms with Gasteiger partial charge in [0.05, 0.1) is 17.7 Å². The highest BCUT2D eigenvalue weighted by atomic mass is 32.2. The lowest BCUT2D eigenvalue weighted by Gasteiger charge is -2.34. The first-order valence-corrected chi connectivity index (χ1v) is 16.5. The van der Waals surface area contributed by atoms with Gasteiger partial charge >= 0.3 is 0 Å². The fourth-order valence-corrected chi connectivity index (χ4v) is 6.30. The number of carbonyl (C=O) groups excluding carboxylic acids is 2. The van der Waals surface area contributed by atoms with Gasteiger partial charge in [0.2, 0.25) is 11.8 Å². The number of rotatable bonds is 14. The summed E-state index contributed by atoms with van der Waals surface area (Å²) in [5.74, 6) is -0.286. The molecule has 236 valence electrons. The Morgan fingerprint density at radius 2 is 1.42 bits per heavy atom. The molecule has 0 aliphatic heterocycles. The van der Waals surface area contributed by atoms with Gasteiger partial charge in [-0.05, 0) is 67.8 Å². The van der Waals surface area contributed by atoms with E-state index in [0.29, 0.717) is 11.4 Å². The van der Waals surface area contributed by atoms with Crippen molar-refractivity contribution in [3.8, 4) is 5.75 Å². The molecule has 9 heteroatoms. The number of anilines is 1. The zero-order valence-electron chi connectivity index (χ0n) is 26.2. The molecule has 0 aliphatic rings. The van der Waals surface area contributed by atoms with Crippen LogP contribution in [0.15, 0.2) is 114 Å². The second-order valence-corrected chi connectivity index (χ2v) is 12.9. The van der Waals surface area contributed by atoms with Crippen molar-refractivity contribution in [1.82, 2.24) is 10.2 Å². The van der Waals surface area contributed by atoms with Crippen molar-refractivity contribution in [2.75, 3.05) is 18.0 Å². The van der Waals surface area contributed by atoms with E-state index < -0.39 is 28.5 Å². The number of hydrogen-bond acceptors (Lipinski definition) is 5. The Morgan fingerprint density at radius 1 is 0.822 bits per heavy atom. The Balaban J connectivity index is 1.78. The number of hydrogen-bond donors (Lipinski definition) is 1. The highest BCUT2D eigenvalue weighted by Crippen LogP contribution is 2.26. The third-order valence-electron chi connectivity index (χ3n) is 7.72. The van der Waals surface area contributed by atoms with Crippen molar-refractivity contribution < 1.29 is 22.7 Å². The summed E-state index contributed by atoms with van der Waals surface area (Å²) in [7, 11) is -2.68. The van der Waals surface area contributed by atoms with E-state index in [2.05, 4.69) is 5.32 Å². The van der Waals surface area contributed by atoms with Crippen LogP contribution in [0.3, 0.4) is 0 Å². The van der Waals surface area contributed by atoms with Gasteiger partial charge in [0, 0.05) is 19.0 Å². The lowest BCUT2D eigenvalue weighted by atomic mass is 10.0. The number of carbonyl (C=O) groups is 2. The number of amides is 2. The van der Waals surface area contributed by atoms with E-state index in [9.17, 15) is 18.0 Å². The Bertz CT molecular complexity index is 1640. The topological polar surface area (TPSA) is 96.0 Å². The van der Waals surface area contributed by atoms with Crippen molar-refractivity contribution in [2.24, 2.45) is 0 Å². The maximum absolute atomic E-state index is 14.5. The van der Waals surface area contributed by atoms with Crippen LogP contribution in [0.5, 0.6) is 5.75 Å². The van der Waals surface area contributed by atoms with Crippen LogP contribution in [-0.4, -0.2) is 50.9 Å². The molecule has 2 atom stereocenters. The van der Waals surface area contributed by atoms with Gasteiger partial charge in [-0.1, -0.05) is 85.3 Å². The molecule has 0 bridgehead atoms. The van der Waals surface area contributed by atoms with Crippen LogP contribution in [-0.2, 0) is 32.6 Å². The Labute approximate surface area is 266 Å². The molecule has 4 rings (SSSR count). The molecule has 4 aromatic carbocycles. The molecule has 4 aromatic rings. The van der Waals surface area contributed by atoms with Crippen molar-refractivity contribution in [3.63, 3.8) is 0 Å². The molecule has 0 unspecified atom stereocenters. The van der Waals surface area contributed by atoms with Crippen molar-refractivity contribution in [1.29, 1.82) is 0 Å². The number of methoxy groups -OCH3 is 1. The van der Waals surface area contributed by atoms with Crippen LogP contribution in [0, 0.1) is 6.92 Å². The fraction of sp³-hybridized carbons (Fsp3) is 0.278. The van der Waals surface area contributed by atoms with E-state index in [4.69, 9.17) is 4.74 Å². The maximum Gasteiger partial charge on any atom is 0.264 e. The Kier molecular flexibility index (Phi) is 11.4. The average Bonchev–Trinajstić information content (AvgIpc) is 3.06. The fourth-order valence-electron chi connectivity index (χ4n) is 4.88. The summed E-state index contributed by atoms with van der Waals surface area (Å²) in [5.41, 5.74) is 3.11. The quantitative estimate of drug-likeness (QED) is 0.192. The molecule has 45 heavy (non-hydrogen) atoms. The summed E-state index contributed by atoms with van der Waals surface area (Å²) in [4.78, 5) is 29.9. The van der Waals surface area contributed by atoms with Crippen molar-refractivity contribution in [3.05, 3.63) is 126 Å². The zero-order valence-corrected chi connectivity index (χ0v) is 27.0. The van der Waals surface area contributed by atoms with Crippen molar-refractivity contribution >= 4 is 27.5 Å². The molecule has 1 N–H and O–H groups in total. The lowest BCUT2D eigenvalue weighted by Crippen LogP contribution is -2.54. The monoisotopic (exact) mass is 627 g/mol. The number of ether oxygens (including phenoxy) is 1. The van der Waals surface area contributed by atoms with Gasteiger partial charge in [-0.25, -0.2) is 8.42 Å². The predicted octanol–water partition coefficient (Wildman–Crippen LogP) is 5.75. The van der Waals surface area contributed by atoms with E-state index >= 15 is 0 Å². The summed E-state index contributed by atoms with van der Waals surface area (Å²) in [5, 5.41) is 3.06. The molecule has 0 fully saturated rings. The van der Waals surface area contributed by atoms with Crippen LogP contribution in [0.4, 0.5) is 5.69 Å². The molecule has 0 aliphatic carbocycles. The average molecular weight is 628 g/mol. The molecule has 0 saturated carbocycles. The predicted molar refractivity (Wildman–Crippen MR) is 178 cm³/mol. The van der Waals surface area contributed by atoms with Crippen LogP contribution in [0.25, 0.3) is 0 Å². The van der Waals surface area contributed by atoms with Crippen LogP contribution >= 0.6 is 0 Å². The van der Waals surface area contributed by atoms with Crippen molar-refractivity contribution in [2.45, 2.75) is 57.1 Å². The number of nitrogens with zero attached hydrogens (tertiary/aromatic N) is 2. The van der Waals surface area contributed by atoms with Gasteiger partial charge in [-0.15, -0.1) is 0 Å². The van der Waals surface area contributed by atoms with Crippen LogP contribution in [0.1, 0.15) is 37.0 Å². The van der Waals surface area contributed by atoms with Crippen LogP contribution in [0.2, 0.25) is 0 Å². The highest BCUT2D eigenvalue weighted by molar-refractivity contribution is 7.92. The lowest BCUT2D eigenvalue weighted by molar-refractivity contribution is -0.140. The van der Waals surface area contributed by atoms with E-state index in [1.54, 1.807) is 42.5 Å². The normalized spacial score (nSPS) is 12.5. The molecule has 0 radical (unpaired) electrons. The summed E-state index contributed by atoms with van der Waals surface area (Å²) in [6.07, 6.45) is 0.981. The smallest absolute Gasteiger partial charge is 0.264 e. The minimum Gasteiger partial charge on any atom is -0.497 e. The van der Waals surface area contributed by atoms with Gasteiger partial charge < -0.3 is 15.0 Å². The molecule has 8 nitrogen and oxygen atoms in total. The summed E-state index contributed by atoms with van der Waals surface area (Å²) >= 11 is 0. The van der Waals surface area contributed by atoms with Gasteiger partial charge in [-0.3, -0.25) is 13.9 Å². The molecular formula is C36H41N3O5S. The third kappa shape index (κ3) is 8.73. The van der Waals surface area contributed by atoms with Gasteiger partial charge in [-0.2, -0.15) is 0 Å². The molecule has 0 spiro atoms. The Hall–Kier alpha value is -4.63. The third-order valence-corrected chi connectivity index (χ3v) is 9.50. The standard InChI is InChI=1S/C36H41N3O5S/c1-5-28(3)37-36(41)34(24-29-12-8-6-9-13-29)38(25-30-18-16-27(2)17-19-30)35(40)26-39(31-14-10-7-11-15-31)45(42,43)33-22-20-32(44-4)21-23-33/h6-23,28,34H,5,24-26H2,1-4H3,(H,37,41)/t28-,34+/m0/s1. The van der Waals surface area contributed by atoms with E-state index in [0.717, 1.165) is 27.4 Å². The van der Waals surface area contributed by atoms with Gasteiger partial charge in [0.1, 0.15) is 18.3 Å². The first-order valence-electron chi connectivity index (χ1n) is 15.0. The maximum atomic E-state index is 14.5. The summed E-state index contributed by atoms with van der Waals surface area (Å²) in [6, 6.07) is 30.8. The minimum atomic E-state index is -4.18. The Morgan fingerprint density at radius 3 is 2.00 bits per heavy atom. The first kappa shape index (κ1) is 33.3. The minimum absolute atomic E-state index is 0.0142. The molecule has 2 amide bonds. The molecule has 0 saturated heterocycles. The van der Waals surface area contributed by atoms with E-state index in [1.165, 1.54) is 24.1 Å². The zero-order chi connectivity index (χ0) is 32.4. The summed E-state index contributed by atoms with van der Waals surface area (Å²) < 4.78 is 34.5. The largest absolute Gasteiger partial charge is 0.497 e. The van der Waals surface area contributed by atoms with Crippen LogP contribution < -0.4 is 14.4 Å². The first-order chi connectivity index (χ1) is 21.6. The molecule has 0 aromatic heterocycles. The number of aryl methyl sites for hydroxylation is 1. The number of para-hydroxylation sites is 1. The van der Waals surface area contributed by atoms with Gasteiger partial charge in [0.15, 0.2) is 0 Å². The molecular weight excluding hydrogens is 586 g/mol. The highest BCUT2D eigenvalue weighted by Gasteiger charge is 2.35. The second kappa shape index (κ2) is 15.4. The number of sulfonamides is 1. The van der Waals surface area contributed by atoms with E-state index in [-0.39, 0.29) is 29.8 Å². The number of nitrogens with one attached hydrogen (secondary N) is 1. The van der Waals surface area contributed by atoms with E-state index in [1.807, 2.05) is 75.4 Å². The second-order valence-electron chi connectivity index (χ2n) is 11.1. The summed E-state index contributed by atoms with van der Waals surface area (Å²) in [6.45, 7) is 5.49. The van der Waals surface area contributed by atoms with Gasteiger partial charge in [0.25, 0.3) is 10.0 Å².